The second-order valence-electron chi connectivity index (χ2n) is 5.67. The van der Waals surface area contributed by atoms with Crippen molar-refractivity contribution in [3.63, 3.8) is 0 Å². The van der Waals surface area contributed by atoms with E-state index in [0.29, 0.717) is 10.2 Å². The van der Waals surface area contributed by atoms with Gasteiger partial charge >= 0.3 is 0 Å². The molecule has 0 bridgehead atoms. The van der Waals surface area contributed by atoms with Gasteiger partial charge in [-0.3, -0.25) is 9.36 Å². The average Bonchev–Trinajstić information content (AvgIpc) is 3.07. The highest BCUT2D eigenvalue weighted by molar-refractivity contribution is 7.99. The van der Waals surface area contributed by atoms with Gasteiger partial charge in [0.2, 0.25) is 5.91 Å². The van der Waals surface area contributed by atoms with Crippen molar-refractivity contribution in [3.05, 3.63) is 64.9 Å². The monoisotopic (exact) mass is 386 g/mol. The number of para-hydroxylation sites is 1. The predicted molar refractivity (Wildman–Crippen MR) is 106 cm³/mol. The molecule has 0 aliphatic rings. The quantitative estimate of drug-likeness (QED) is 0.632. The lowest BCUT2D eigenvalue weighted by molar-refractivity contribution is -0.113. The first kappa shape index (κ1) is 18.5. The Morgan fingerprint density at radius 1 is 1.15 bits per heavy atom. The number of benzene rings is 2. The zero-order chi connectivity index (χ0) is 18.5. The maximum Gasteiger partial charge on any atom is 0.234 e. The number of carbonyl (C=O) groups excluding carboxylic acids is 1. The van der Waals surface area contributed by atoms with Gasteiger partial charge < -0.3 is 5.32 Å². The first-order valence-corrected chi connectivity index (χ1v) is 9.64. The summed E-state index contributed by atoms with van der Waals surface area (Å²) in [6.07, 6.45) is 0.760. The van der Waals surface area contributed by atoms with Crippen molar-refractivity contribution in [1.82, 2.24) is 14.8 Å². The van der Waals surface area contributed by atoms with Crippen LogP contribution in [0.5, 0.6) is 0 Å². The fourth-order valence-corrected chi connectivity index (χ4v) is 3.46. The number of hydrogen-bond donors (Lipinski definition) is 1. The van der Waals surface area contributed by atoms with E-state index in [1.807, 2.05) is 60.9 Å². The molecule has 0 fully saturated rings. The molecule has 0 aliphatic carbocycles. The molecule has 0 saturated carbocycles. The molecule has 5 nitrogen and oxygen atoms in total. The number of nitrogens with zero attached hydrogens (tertiary/aromatic N) is 3. The van der Waals surface area contributed by atoms with E-state index in [-0.39, 0.29) is 11.7 Å². The summed E-state index contributed by atoms with van der Waals surface area (Å²) in [5.41, 5.74) is 2.57. The number of aryl methyl sites for hydroxylation is 1. The molecule has 0 atom stereocenters. The first-order valence-electron chi connectivity index (χ1n) is 8.27. The highest BCUT2D eigenvalue weighted by Gasteiger charge is 2.15. The van der Waals surface area contributed by atoms with Crippen LogP contribution in [0.1, 0.15) is 18.3 Å². The van der Waals surface area contributed by atoms with Crippen molar-refractivity contribution in [2.45, 2.75) is 25.4 Å². The van der Waals surface area contributed by atoms with Gasteiger partial charge in [0, 0.05) is 22.8 Å². The van der Waals surface area contributed by atoms with Crippen LogP contribution in [-0.4, -0.2) is 26.4 Å². The van der Waals surface area contributed by atoms with Crippen molar-refractivity contribution >= 4 is 35.0 Å². The lowest BCUT2D eigenvalue weighted by atomic mass is 10.2. The molecule has 1 aromatic heterocycles. The molecule has 7 heteroatoms. The topological polar surface area (TPSA) is 59.8 Å². The molecular weight excluding hydrogens is 368 g/mol. The zero-order valence-corrected chi connectivity index (χ0v) is 16.1. The highest BCUT2D eigenvalue weighted by atomic mass is 35.5. The summed E-state index contributed by atoms with van der Waals surface area (Å²) >= 11 is 7.46. The van der Waals surface area contributed by atoms with Gasteiger partial charge in [0.15, 0.2) is 5.16 Å². The van der Waals surface area contributed by atoms with Crippen LogP contribution in [0.3, 0.4) is 0 Å². The minimum atomic E-state index is -0.110. The summed E-state index contributed by atoms with van der Waals surface area (Å²) < 4.78 is 1.99. The Labute approximate surface area is 161 Å². The third kappa shape index (κ3) is 4.08. The molecule has 1 N–H and O–H groups in total. The van der Waals surface area contributed by atoms with Gasteiger partial charge in [-0.15, -0.1) is 10.2 Å². The first-order chi connectivity index (χ1) is 12.6. The minimum Gasteiger partial charge on any atom is -0.325 e. The Balaban J connectivity index is 1.73. The predicted octanol–water partition coefficient (Wildman–Crippen LogP) is 4.52. The number of thioether (sulfide) groups is 1. The molecule has 0 unspecified atom stereocenters. The van der Waals surface area contributed by atoms with E-state index in [9.17, 15) is 4.79 Å². The molecule has 0 aliphatic heterocycles. The summed E-state index contributed by atoms with van der Waals surface area (Å²) in [5, 5.41) is 12.7. The summed E-state index contributed by atoms with van der Waals surface area (Å²) in [4.78, 5) is 12.3. The van der Waals surface area contributed by atoms with Crippen LogP contribution >= 0.6 is 23.4 Å². The molecule has 0 saturated heterocycles. The standard InChI is InChI=1S/C19H19ClN4OS/c1-3-17-22-23-19(24(17)14-8-5-4-6-9-14)26-12-18(25)21-16-11-7-10-15(20)13(16)2/h4-11H,3,12H2,1-2H3,(H,21,25). The SMILES string of the molecule is CCc1nnc(SCC(=O)Nc2cccc(Cl)c2C)n1-c1ccccc1. The Hall–Kier alpha value is -2.31. The average molecular weight is 387 g/mol. The number of aromatic nitrogens is 3. The Kier molecular flexibility index (Phi) is 5.96. The van der Waals surface area contributed by atoms with Crippen LogP contribution < -0.4 is 5.32 Å². The smallest absolute Gasteiger partial charge is 0.234 e. The van der Waals surface area contributed by atoms with Crippen LogP contribution in [0.4, 0.5) is 5.69 Å². The number of amides is 1. The summed E-state index contributed by atoms with van der Waals surface area (Å²) in [6.45, 7) is 3.91. The highest BCUT2D eigenvalue weighted by Crippen LogP contribution is 2.25. The molecule has 134 valence electrons. The van der Waals surface area contributed by atoms with Crippen molar-refractivity contribution in [3.8, 4) is 5.69 Å². The number of nitrogens with one attached hydrogen (secondary N) is 1. The Bertz CT molecular complexity index is 911. The maximum atomic E-state index is 12.3. The van der Waals surface area contributed by atoms with Gasteiger partial charge in [-0.2, -0.15) is 0 Å². The fraction of sp³-hybridized carbons (Fsp3) is 0.211. The van der Waals surface area contributed by atoms with Gasteiger partial charge in [-0.1, -0.05) is 54.6 Å². The van der Waals surface area contributed by atoms with E-state index in [0.717, 1.165) is 29.2 Å². The third-order valence-corrected chi connectivity index (χ3v) is 5.24. The van der Waals surface area contributed by atoms with Crippen LogP contribution in [0.25, 0.3) is 5.69 Å². The molecule has 26 heavy (non-hydrogen) atoms. The van der Waals surface area contributed by atoms with E-state index in [1.165, 1.54) is 11.8 Å². The number of rotatable bonds is 6. The number of anilines is 1. The Morgan fingerprint density at radius 3 is 2.65 bits per heavy atom. The number of hydrogen-bond acceptors (Lipinski definition) is 4. The number of carbonyl (C=O) groups is 1. The number of halogens is 1. The van der Waals surface area contributed by atoms with E-state index < -0.39 is 0 Å². The molecular formula is C19H19ClN4OS. The Morgan fingerprint density at radius 2 is 1.92 bits per heavy atom. The zero-order valence-electron chi connectivity index (χ0n) is 14.6. The molecule has 0 radical (unpaired) electrons. The van der Waals surface area contributed by atoms with E-state index in [2.05, 4.69) is 15.5 Å². The van der Waals surface area contributed by atoms with Crippen molar-refractivity contribution in [1.29, 1.82) is 0 Å². The normalized spacial score (nSPS) is 10.7. The second kappa shape index (κ2) is 8.38. The van der Waals surface area contributed by atoms with Crippen LogP contribution in [-0.2, 0) is 11.2 Å². The maximum absolute atomic E-state index is 12.3. The molecule has 1 heterocycles. The van der Waals surface area contributed by atoms with E-state index in [4.69, 9.17) is 11.6 Å². The van der Waals surface area contributed by atoms with Gasteiger partial charge in [0.05, 0.1) is 5.75 Å². The molecule has 3 rings (SSSR count). The minimum absolute atomic E-state index is 0.110. The van der Waals surface area contributed by atoms with Crippen molar-refractivity contribution in [2.75, 3.05) is 11.1 Å². The van der Waals surface area contributed by atoms with E-state index in [1.54, 1.807) is 6.07 Å². The molecule has 0 spiro atoms. The van der Waals surface area contributed by atoms with Crippen LogP contribution in [0, 0.1) is 6.92 Å². The second-order valence-corrected chi connectivity index (χ2v) is 7.02. The summed E-state index contributed by atoms with van der Waals surface area (Å²) in [7, 11) is 0. The fourth-order valence-electron chi connectivity index (χ4n) is 2.52. The molecule has 3 aromatic rings. The van der Waals surface area contributed by atoms with Gasteiger partial charge in [0.25, 0.3) is 0 Å². The third-order valence-electron chi connectivity index (χ3n) is 3.91. The van der Waals surface area contributed by atoms with Gasteiger partial charge in [-0.25, -0.2) is 0 Å². The van der Waals surface area contributed by atoms with Crippen LogP contribution in [0.15, 0.2) is 53.7 Å². The van der Waals surface area contributed by atoms with Crippen molar-refractivity contribution in [2.24, 2.45) is 0 Å². The van der Waals surface area contributed by atoms with Gasteiger partial charge in [0.1, 0.15) is 5.82 Å². The van der Waals surface area contributed by atoms with Crippen LogP contribution in [0.2, 0.25) is 5.02 Å². The largest absolute Gasteiger partial charge is 0.325 e. The van der Waals surface area contributed by atoms with E-state index >= 15 is 0 Å². The lowest BCUT2D eigenvalue weighted by Gasteiger charge is -2.10. The summed E-state index contributed by atoms with van der Waals surface area (Å²) in [6, 6.07) is 15.4. The lowest BCUT2D eigenvalue weighted by Crippen LogP contribution is -2.15. The summed E-state index contributed by atoms with van der Waals surface area (Å²) in [5.74, 6) is 0.992. The molecule has 1 amide bonds. The molecule has 2 aromatic carbocycles. The van der Waals surface area contributed by atoms with Gasteiger partial charge in [-0.05, 0) is 36.8 Å². The van der Waals surface area contributed by atoms with Crippen molar-refractivity contribution < 1.29 is 4.79 Å².